The molecule has 0 saturated carbocycles. The van der Waals surface area contributed by atoms with Gasteiger partial charge >= 0.3 is 0 Å². The molecule has 0 bridgehead atoms. The highest BCUT2D eigenvalue weighted by molar-refractivity contribution is 9.10. The fourth-order valence-corrected chi connectivity index (χ4v) is 2.34. The van der Waals surface area contributed by atoms with Gasteiger partial charge in [0, 0.05) is 23.6 Å². The second kappa shape index (κ2) is 8.10. The quantitative estimate of drug-likeness (QED) is 0.540. The summed E-state index contributed by atoms with van der Waals surface area (Å²) in [7, 11) is 0. The summed E-state index contributed by atoms with van der Waals surface area (Å²) in [6.07, 6.45) is 2.06. The Balaban J connectivity index is 2.43. The lowest BCUT2D eigenvalue weighted by molar-refractivity contribution is 0.134. The number of hydrogen-bond acceptors (Lipinski definition) is 1. The van der Waals surface area contributed by atoms with Crippen molar-refractivity contribution in [2.45, 2.75) is 19.8 Å². The molecular formula is C13H18BrClO. The van der Waals surface area contributed by atoms with Crippen LogP contribution in [0.2, 0.25) is 0 Å². The van der Waals surface area contributed by atoms with Crippen LogP contribution in [0, 0.1) is 5.92 Å². The van der Waals surface area contributed by atoms with Crippen LogP contribution in [0.5, 0.6) is 0 Å². The third-order valence-corrected chi connectivity index (χ3v) is 3.44. The van der Waals surface area contributed by atoms with Crippen molar-refractivity contribution in [2.24, 2.45) is 5.92 Å². The third-order valence-electron chi connectivity index (χ3n) is 2.51. The van der Waals surface area contributed by atoms with Crippen LogP contribution in [0.3, 0.4) is 0 Å². The van der Waals surface area contributed by atoms with Crippen molar-refractivity contribution >= 4 is 27.5 Å². The van der Waals surface area contributed by atoms with Crippen LogP contribution in [0.4, 0.5) is 0 Å². The van der Waals surface area contributed by atoms with Crippen molar-refractivity contribution < 1.29 is 4.74 Å². The molecule has 1 unspecified atom stereocenters. The van der Waals surface area contributed by atoms with Crippen LogP contribution in [0.25, 0.3) is 0 Å². The normalized spacial score (nSPS) is 12.7. The maximum absolute atomic E-state index is 5.97. The van der Waals surface area contributed by atoms with Gasteiger partial charge < -0.3 is 4.74 Å². The molecule has 0 heterocycles. The summed E-state index contributed by atoms with van der Waals surface area (Å²) in [6.45, 7) is 3.61. The largest absolute Gasteiger partial charge is 0.382 e. The SMILES string of the molecule is CCOCCC(CCl)Cc1cccc(Br)c1. The molecule has 1 rings (SSSR count). The second-order valence-electron chi connectivity index (χ2n) is 3.84. The molecule has 1 aromatic rings. The lowest BCUT2D eigenvalue weighted by atomic mass is 9.98. The Hall–Kier alpha value is -0.0500. The molecule has 0 aliphatic carbocycles. The monoisotopic (exact) mass is 304 g/mol. The first kappa shape index (κ1) is 14.0. The van der Waals surface area contributed by atoms with Crippen LogP contribution in [0.15, 0.2) is 28.7 Å². The average molecular weight is 306 g/mol. The number of ether oxygens (including phenoxy) is 1. The van der Waals surface area contributed by atoms with E-state index in [0.717, 1.165) is 30.5 Å². The minimum Gasteiger partial charge on any atom is -0.382 e. The number of hydrogen-bond donors (Lipinski definition) is 0. The summed E-state index contributed by atoms with van der Waals surface area (Å²) in [5, 5.41) is 0. The fourth-order valence-electron chi connectivity index (χ4n) is 1.63. The standard InChI is InChI=1S/C13H18BrClO/c1-2-16-7-6-12(10-15)8-11-4-3-5-13(14)9-11/h3-5,9,12H,2,6-8,10H2,1H3. The van der Waals surface area contributed by atoms with Crippen molar-refractivity contribution in [3.05, 3.63) is 34.3 Å². The maximum Gasteiger partial charge on any atom is 0.0469 e. The first-order valence-electron chi connectivity index (χ1n) is 5.64. The van der Waals surface area contributed by atoms with Gasteiger partial charge in [0.25, 0.3) is 0 Å². The van der Waals surface area contributed by atoms with Gasteiger partial charge in [-0.25, -0.2) is 0 Å². The van der Waals surface area contributed by atoms with Crippen LogP contribution >= 0.6 is 27.5 Å². The summed E-state index contributed by atoms with van der Waals surface area (Å²) in [5.41, 5.74) is 1.33. The fraction of sp³-hybridized carbons (Fsp3) is 0.538. The number of rotatable bonds is 7. The zero-order valence-electron chi connectivity index (χ0n) is 9.59. The predicted molar refractivity (Wildman–Crippen MR) is 73.2 cm³/mol. The van der Waals surface area contributed by atoms with Crippen LogP contribution < -0.4 is 0 Å². The van der Waals surface area contributed by atoms with Crippen molar-refractivity contribution in [3.8, 4) is 0 Å². The minimum atomic E-state index is 0.502. The van der Waals surface area contributed by atoms with Crippen LogP contribution in [0.1, 0.15) is 18.9 Å². The summed E-state index contributed by atoms with van der Waals surface area (Å²) >= 11 is 9.45. The smallest absolute Gasteiger partial charge is 0.0469 e. The van der Waals surface area contributed by atoms with Gasteiger partial charge in [-0.2, -0.15) is 0 Å². The van der Waals surface area contributed by atoms with E-state index in [9.17, 15) is 0 Å². The molecule has 0 N–H and O–H groups in total. The Morgan fingerprint density at radius 3 is 2.88 bits per heavy atom. The molecule has 0 aromatic heterocycles. The molecule has 0 spiro atoms. The first-order chi connectivity index (χ1) is 7.76. The first-order valence-corrected chi connectivity index (χ1v) is 6.97. The topological polar surface area (TPSA) is 9.23 Å². The van der Waals surface area contributed by atoms with Crippen molar-refractivity contribution in [2.75, 3.05) is 19.1 Å². The molecule has 0 radical (unpaired) electrons. The molecule has 1 atom stereocenters. The highest BCUT2D eigenvalue weighted by atomic mass is 79.9. The number of benzene rings is 1. The Labute approximate surface area is 111 Å². The molecule has 0 saturated heterocycles. The molecule has 1 aromatic carbocycles. The molecule has 3 heteroatoms. The summed E-state index contributed by atoms with van der Waals surface area (Å²) in [6, 6.07) is 8.40. The summed E-state index contributed by atoms with van der Waals surface area (Å²) in [4.78, 5) is 0. The Morgan fingerprint density at radius 1 is 1.44 bits per heavy atom. The van der Waals surface area contributed by atoms with Gasteiger partial charge in [0.2, 0.25) is 0 Å². The Bertz CT molecular complexity index is 304. The Kier molecular flexibility index (Phi) is 7.10. The maximum atomic E-state index is 5.97. The van der Waals surface area contributed by atoms with Gasteiger partial charge in [-0.05, 0) is 43.4 Å². The second-order valence-corrected chi connectivity index (χ2v) is 5.06. The van der Waals surface area contributed by atoms with Crippen molar-refractivity contribution in [3.63, 3.8) is 0 Å². The summed E-state index contributed by atoms with van der Waals surface area (Å²) in [5.74, 6) is 1.20. The number of halogens is 2. The highest BCUT2D eigenvalue weighted by Gasteiger charge is 2.08. The van der Waals surface area contributed by atoms with Gasteiger partial charge in [0.05, 0.1) is 0 Å². The van der Waals surface area contributed by atoms with Crippen molar-refractivity contribution in [1.29, 1.82) is 0 Å². The zero-order valence-corrected chi connectivity index (χ0v) is 11.9. The van der Waals surface area contributed by atoms with Crippen LogP contribution in [-0.2, 0) is 11.2 Å². The van der Waals surface area contributed by atoms with E-state index in [1.54, 1.807) is 0 Å². The predicted octanol–water partition coefficient (Wildman–Crippen LogP) is 4.27. The van der Waals surface area contributed by atoms with E-state index in [1.165, 1.54) is 5.56 Å². The van der Waals surface area contributed by atoms with E-state index in [2.05, 4.69) is 34.1 Å². The van der Waals surface area contributed by atoms with E-state index >= 15 is 0 Å². The molecular weight excluding hydrogens is 287 g/mol. The molecule has 0 fully saturated rings. The van der Waals surface area contributed by atoms with Gasteiger partial charge in [0.15, 0.2) is 0 Å². The summed E-state index contributed by atoms with van der Waals surface area (Å²) < 4.78 is 6.49. The molecule has 1 nitrogen and oxygen atoms in total. The highest BCUT2D eigenvalue weighted by Crippen LogP contribution is 2.18. The van der Waals surface area contributed by atoms with E-state index in [0.29, 0.717) is 11.8 Å². The minimum absolute atomic E-state index is 0.502. The molecule has 0 aliphatic heterocycles. The van der Waals surface area contributed by atoms with Gasteiger partial charge in [0.1, 0.15) is 0 Å². The Morgan fingerprint density at radius 2 is 2.25 bits per heavy atom. The number of alkyl halides is 1. The average Bonchev–Trinajstić information content (AvgIpc) is 2.28. The lowest BCUT2D eigenvalue weighted by Gasteiger charge is -2.13. The van der Waals surface area contributed by atoms with E-state index < -0.39 is 0 Å². The van der Waals surface area contributed by atoms with Crippen molar-refractivity contribution in [1.82, 2.24) is 0 Å². The van der Waals surface area contributed by atoms with E-state index in [1.807, 2.05) is 13.0 Å². The zero-order chi connectivity index (χ0) is 11.8. The van der Waals surface area contributed by atoms with Crippen LogP contribution in [-0.4, -0.2) is 19.1 Å². The lowest BCUT2D eigenvalue weighted by Crippen LogP contribution is -2.10. The van der Waals surface area contributed by atoms with E-state index in [-0.39, 0.29) is 0 Å². The molecule has 0 amide bonds. The van der Waals surface area contributed by atoms with Gasteiger partial charge in [-0.1, -0.05) is 28.1 Å². The van der Waals surface area contributed by atoms with Gasteiger partial charge in [-0.15, -0.1) is 11.6 Å². The van der Waals surface area contributed by atoms with E-state index in [4.69, 9.17) is 16.3 Å². The van der Waals surface area contributed by atoms with Gasteiger partial charge in [-0.3, -0.25) is 0 Å². The third kappa shape index (κ3) is 5.33. The molecule has 16 heavy (non-hydrogen) atoms. The molecule has 0 aliphatic rings. The molecule has 90 valence electrons.